The molecule has 1 heterocycles. The Hall–Kier alpha value is -2.53. The number of sulfonamides is 1. The number of piperidine rings is 1. The van der Waals surface area contributed by atoms with Crippen LogP contribution in [-0.2, 0) is 19.6 Å². The van der Waals surface area contributed by atoms with Crippen LogP contribution in [0.2, 0.25) is 0 Å². The Morgan fingerprint density at radius 3 is 2.48 bits per heavy atom. The third-order valence-corrected chi connectivity index (χ3v) is 5.83. The summed E-state index contributed by atoms with van der Waals surface area (Å²) in [4.78, 5) is 33.8. The van der Waals surface area contributed by atoms with E-state index in [1.54, 1.807) is 0 Å². The molecule has 1 aromatic carbocycles. The molecule has 0 saturated carbocycles. The first-order chi connectivity index (χ1) is 12.8. The van der Waals surface area contributed by atoms with Gasteiger partial charge in [0.1, 0.15) is 10.7 Å². The molecule has 11 heteroatoms. The van der Waals surface area contributed by atoms with Crippen LogP contribution in [0.25, 0.3) is 0 Å². The van der Waals surface area contributed by atoms with Gasteiger partial charge in [-0.1, -0.05) is 6.42 Å². The zero-order valence-corrected chi connectivity index (χ0v) is 15.5. The first kappa shape index (κ1) is 20.8. The zero-order valence-electron chi connectivity index (χ0n) is 14.7. The lowest BCUT2D eigenvalue weighted by atomic mass is 10.2. The number of nitrogens with zero attached hydrogens (tertiary/aromatic N) is 1. The molecule has 0 radical (unpaired) electrons. The number of rotatable bonds is 5. The van der Waals surface area contributed by atoms with Gasteiger partial charge < -0.3 is 10.1 Å². The van der Waals surface area contributed by atoms with Crippen LogP contribution >= 0.6 is 0 Å². The smallest absolute Gasteiger partial charge is 0.338 e. The van der Waals surface area contributed by atoms with Crippen LogP contribution in [-0.4, -0.2) is 57.4 Å². The molecule has 1 saturated heterocycles. The Bertz CT molecular complexity index is 837. The van der Waals surface area contributed by atoms with Crippen molar-refractivity contribution in [3.8, 4) is 0 Å². The number of benzene rings is 1. The number of carbonyl (C=O) groups excluding carboxylic acids is 3. The fraction of sp³-hybridized carbons (Fsp3) is 0.438. The Balaban J connectivity index is 2.13. The maximum Gasteiger partial charge on any atom is 0.338 e. The molecule has 9 nitrogen and oxygen atoms in total. The second-order valence-electron chi connectivity index (χ2n) is 5.81. The molecule has 0 bridgehead atoms. The molecule has 3 amide bonds. The molecule has 1 aliphatic heterocycles. The van der Waals surface area contributed by atoms with Gasteiger partial charge in [-0.2, -0.15) is 4.31 Å². The summed E-state index contributed by atoms with van der Waals surface area (Å²) in [6.07, 6.45) is 2.27. The zero-order chi connectivity index (χ0) is 20.0. The molecule has 148 valence electrons. The van der Waals surface area contributed by atoms with Crippen molar-refractivity contribution in [2.45, 2.75) is 24.2 Å². The second kappa shape index (κ2) is 8.91. The van der Waals surface area contributed by atoms with Crippen LogP contribution in [0, 0.1) is 5.82 Å². The van der Waals surface area contributed by atoms with E-state index in [0.717, 1.165) is 24.6 Å². The number of esters is 1. The Kier molecular flexibility index (Phi) is 6.86. The first-order valence-electron chi connectivity index (χ1n) is 8.24. The van der Waals surface area contributed by atoms with Gasteiger partial charge in [0.2, 0.25) is 10.0 Å². The summed E-state index contributed by atoms with van der Waals surface area (Å²) in [7, 11) is -2.78. The van der Waals surface area contributed by atoms with Gasteiger partial charge in [0.25, 0.3) is 5.91 Å². The van der Waals surface area contributed by atoms with Gasteiger partial charge in [0.15, 0.2) is 6.61 Å². The van der Waals surface area contributed by atoms with E-state index in [4.69, 9.17) is 4.74 Å². The van der Waals surface area contributed by atoms with Crippen molar-refractivity contribution in [3.05, 3.63) is 29.6 Å². The molecule has 27 heavy (non-hydrogen) atoms. The highest BCUT2D eigenvalue weighted by Crippen LogP contribution is 2.24. The van der Waals surface area contributed by atoms with Crippen LogP contribution < -0.4 is 10.6 Å². The minimum atomic E-state index is -4.08. The topological polar surface area (TPSA) is 122 Å². The van der Waals surface area contributed by atoms with Crippen molar-refractivity contribution in [1.29, 1.82) is 0 Å². The summed E-state index contributed by atoms with van der Waals surface area (Å²) in [5.41, 5.74) is -0.222. The van der Waals surface area contributed by atoms with E-state index in [9.17, 15) is 27.2 Å². The molecule has 2 rings (SSSR count). The predicted molar refractivity (Wildman–Crippen MR) is 91.9 cm³/mol. The third-order valence-electron chi connectivity index (χ3n) is 3.91. The van der Waals surface area contributed by atoms with Crippen molar-refractivity contribution >= 4 is 27.9 Å². The fourth-order valence-electron chi connectivity index (χ4n) is 2.51. The SMILES string of the molecule is CNC(=O)NC(=O)COC(=O)c1ccc(F)c(S(=O)(=O)N2CCCCC2)c1. The summed E-state index contributed by atoms with van der Waals surface area (Å²) < 4.78 is 45.3. The van der Waals surface area contributed by atoms with E-state index >= 15 is 0 Å². The van der Waals surface area contributed by atoms with Gasteiger partial charge in [-0.05, 0) is 31.0 Å². The molecule has 0 atom stereocenters. The molecule has 0 aliphatic carbocycles. The van der Waals surface area contributed by atoms with Crippen LogP contribution in [0.5, 0.6) is 0 Å². The molecule has 2 N–H and O–H groups in total. The van der Waals surface area contributed by atoms with E-state index in [2.05, 4.69) is 5.32 Å². The lowest BCUT2D eigenvalue weighted by Gasteiger charge is -2.26. The maximum atomic E-state index is 14.1. The molecule has 1 fully saturated rings. The van der Waals surface area contributed by atoms with Gasteiger partial charge >= 0.3 is 12.0 Å². The maximum absolute atomic E-state index is 14.1. The molecule has 0 aromatic heterocycles. The van der Waals surface area contributed by atoms with Crippen molar-refractivity contribution in [1.82, 2.24) is 14.9 Å². The number of nitrogens with one attached hydrogen (secondary N) is 2. The van der Waals surface area contributed by atoms with Gasteiger partial charge in [-0.25, -0.2) is 22.4 Å². The van der Waals surface area contributed by atoms with Gasteiger partial charge in [0.05, 0.1) is 5.56 Å². The van der Waals surface area contributed by atoms with Gasteiger partial charge in [0, 0.05) is 20.1 Å². The number of amides is 3. The minimum Gasteiger partial charge on any atom is -0.452 e. The normalized spacial score (nSPS) is 15.0. The van der Waals surface area contributed by atoms with Gasteiger partial charge in [-0.15, -0.1) is 0 Å². The van der Waals surface area contributed by atoms with Gasteiger partial charge in [-0.3, -0.25) is 10.1 Å². The van der Waals surface area contributed by atoms with Crippen LogP contribution in [0.1, 0.15) is 29.6 Å². The van der Waals surface area contributed by atoms with Crippen LogP contribution in [0.4, 0.5) is 9.18 Å². The number of imide groups is 1. The average Bonchev–Trinajstić information content (AvgIpc) is 2.66. The lowest BCUT2D eigenvalue weighted by molar-refractivity contribution is -0.123. The highest BCUT2D eigenvalue weighted by Gasteiger charge is 2.29. The van der Waals surface area contributed by atoms with Crippen molar-refractivity contribution < 1.29 is 31.9 Å². The number of urea groups is 1. The van der Waals surface area contributed by atoms with Crippen molar-refractivity contribution in [2.24, 2.45) is 0 Å². The highest BCUT2D eigenvalue weighted by atomic mass is 32.2. The number of hydrogen-bond donors (Lipinski definition) is 2. The number of halogens is 1. The Labute approximate surface area is 155 Å². The molecule has 0 unspecified atom stereocenters. The quantitative estimate of drug-likeness (QED) is 0.698. The Morgan fingerprint density at radius 1 is 1.19 bits per heavy atom. The average molecular weight is 401 g/mol. The highest BCUT2D eigenvalue weighted by molar-refractivity contribution is 7.89. The third kappa shape index (κ3) is 5.23. The first-order valence-corrected chi connectivity index (χ1v) is 9.68. The van der Waals surface area contributed by atoms with Crippen LogP contribution in [0.15, 0.2) is 23.1 Å². The van der Waals surface area contributed by atoms with Crippen molar-refractivity contribution in [3.63, 3.8) is 0 Å². The largest absolute Gasteiger partial charge is 0.452 e. The summed E-state index contributed by atoms with van der Waals surface area (Å²) in [5, 5.41) is 4.05. The summed E-state index contributed by atoms with van der Waals surface area (Å²) >= 11 is 0. The van der Waals surface area contributed by atoms with Crippen molar-refractivity contribution in [2.75, 3.05) is 26.7 Å². The monoisotopic (exact) mass is 401 g/mol. The Morgan fingerprint density at radius 2 is 1.85 bits per heavy atom. The van der Waals surface area contributed by atoms with E-state index in [1.807, 2.05) is 5.32 Å². The number of carbonyl (C=O) groups is 3. The fourth-order valence-corrected chi connectivity index (χ4v) is 4.12. The number of ether oxygens (including phenoxy) is 1. The van der Waals surface area contributed by atoms with E-state index in [-0.39, 0.29) is 18.7 Å². The minimum absolute atomic E-state index is 0.222. The number of hydrogen-bond acceptors (Lipinski definition) is 6. The van der Waals surface area contributed by atoms with E-state index in [1.165, 1.54) is 11.4 Å². The standard InChI is InChI=1S/C16H20FN3O6S/c1-18-16(23)19-14(21)10-26-15(22)11-5-6-12(17)13(9-11)27(24,25)20-7-3-2-4-8-20/h5-6,9H,2-4,7-8,10H2,1H3,(H2,18,19,21,23). The predicted octanol–water partition coefficient (Wildman–Crippen LogP) is 0.613. The second-order valence-corrected chi connectivity index (χ2v) is 7.72. The lowest BCUT2D eigenvalue weighted by Crippen LogP contribution is -2.39. The molecule has 1 aromatic rings. The molecular formula is C16H20FN3O6S. The molecular weight excluding hydrogens is 381 g/mol. The van der Waals surface area contributed by atoms with E-state index < -0.39 is 45.3 Å². The summed E-state index contributed by atoms with van der Waals surface area (Å²) in [6.45, 7) is -0.177. The van der Waals surface area contributed by atoms with E-state index in [0.29, 0.717) is 12.8 Å². The summed E-state index contributed by atoms with van der Waals surface area (Å²) in [6, 6.07) is 2.03. The molecule has 0 spiro atoms. The molecule has 1 aliphatic rings. The summed E-state index contributed by atoms with van der Waals surface area (Å²) in [5.74, 6) is -2.86. The van der Waals surface area contributed by atoms with Crippen LogP contribution in [0.3, 0.4) is 0 Å².